The average molecular weight is 487 g/mol. The third-order valence-electron chi connectivity index (χ3n) is 6.18. The van der Waals surface area contributed by atoms with Crippen LogP contribution in [0, 0.1) is 5.92 Å². The molecule has 2 nitrogen and oxygen atoms in total. The van der Waals surface area contributed by atoms with Gasteiger partial charge in [0, 0.05) is 29.9 Å². The van der Waals surface area contributed by atoms with E-state index in [0.717, 1.165) is 17.6 Å². The van der Waals surface area contributed by atoms with E-state index in [1.807, 2.05) is 34.0 Å². The maximum atomic E-state index is 4.80. The van der Waals surface area contributed by atoms with Crippen LogP contribution in [0.1, 0.15) is 45.1 Å². The van der Waals surface area contributed by atoms with Crippen LogP contribution in [0.15, 0.2) is 48.1 Å². The standard InChI is InChI=1S/C28H26N2S3/c1-15(2)8-19-10-17-11-20-23(13-22(17)32-19)33-27-24(29-14-30-25(20)27)18-9-16-6-7-31-26(16)21(12-18)28(3,4)5/h6-7,9-15H,8H2,1-5H3. The fraction of sp³-hybridized carbons (Fsp3) is 0.286. The summed E-state index contributed by atoms with van der Waals surface area (Å²) in [6.07, 6.45) is 2.88. The van der Waals surface area contributed by atoms with Gasteiger partial charge in [0.05, 0.1) is 15.9 Å². The van der Waals surface area contributed by atoms with Gasteiger partial charge in [-0.25, -0.2) is 9.97 Å². The Morgan fingerprint density at radius 3 is 2.52 bits per heavy atom. The van der Waals surface area contributed by atoms with Crippen LogP contribution in [0.5, 0.6) is 0 Å². The third-order valence-corrected chi connectivity index (χ3v) is 9.41. The molecule has 0 saturated heterocycles. The number of benzene rings is 2. The van der Waals surface area contributed by atoms with Crippen molar-refractivity contribution in [2.24, 2.45) is 5.92 Å². The zero-order valence-electron chi connectivity index (χ0n) is 19.5. The van der Waals surface area contributed by atoms with Crippen molar-refractivity contribution in [3.05, 3.63) is 58.5 Å². The predicted molar refractivity (Wildman–Crippen MR) is 148 cm³/mol. The lowest BCUT2D eigenvalue weighted by Gasteiger charge is -2.21. The molecule has 2 aromatic carbocycles. The molecule has 0 fully saturated rings. The minimum atomic E-state index is 0.0729. The minimum absolute atomic E-state index is 0.0729. The van der Waals surface area contributed by atoms with Crippen LogP contribution in [-0.2, 0) is 11.8 Å². The lowest BCUT2D eigenvalue weighted by atomic mass is 9.85. The molecule has 5 heteroatoms. The van der Waals surface area contributed by atoms with Crippen molar-refractivity contribution in [2.75, 3.05) is 0 Å². The summed E-state index contributed by atoms with van der Waals surface area (Å²) in [6, 6.07) is 13.9. The van der Waals surface area contributed by atoms with E-state index in [1.54, 1.807) is 6.33 Å². The van der Waals surface area contributed by atoms with Gasteiger partial charge >= 0.3 is 0 Å². The average Bonchev–Trinajstić information content (AvgIpc) is 3.45. The van der Waals surface area contributed by atoms with Gasteiger partial charge in [-0.1, -0.05) is 34.6 Å². The highest BCUT2D eigenvalue weighted by Gasteiger charge is 2.21. The fourth-order valence-corrected chi connectivity index (χ4v) is 8.32. The second-order valence-corrected chi connectivity index (χ2v) is 13.4. The summed E-state index contributed by atoms with van der Waals surface area (Å²) >= 11 is 5.59. The van der Waals surface area contributed by atoms with Crippen molar-refractivity contribution in [2.45, 2.75) is 46.5 Å². The summed E-state index contributed by atoms with van der Waals surface area (Å²) < 4.78 is 5.23. The minimum Gasteiger partial charge on any atom is -0.235 e. The summed E-state index contributed by atoms with van der Waals surface area (Å²) in [5, 5.41) is 6.07. The van der Waals surface area contributed by atoms with Crippen molar-refractivity contribution in [3.8, 4) is 11.3 Å². The second kappa shape index (κ2) is 7.59. The molecule has 4 heterocycles. The number of thiophene rings is 3. The van der Waals surface area contributed by atoms with E-state index in [-0.39, 0.29) is 5.41 Å². The Morgan fingerprint density at radius 2 is 1.73 bits per heavy atom. The van der Waals surface area contributed by atoms with Gasteiger partial charge in [0.15, 0.2) is 0 Å². The summed E-state index contributed by atoms with van der Waals surface area (Å²) in [4.78, 5) is 11.0. The first-order chi connectivity index (χ1) is 15.8. The smallest absolute Gasteiger partial charge is 0.116 e. The molecule has 0 aliphatic rings. The summed E-state index contributed by atoms with van der Waals surface area (Å²) in [7, 11) is 0. The fourth-order valence-electron chi connectivity index (χ4n) is 4.65. The SMILES string of the molecule is CC(C)Cc1cc2cc3c(cc2s1)sc1c(-c2cc(C(C)(C)C)c4sccc4c2)ncnc13. The Balaban J connectivity index is 1.58. The van der Waals surface area contributed by atoms with E-state index in [9.17, 15) is 0 Å². The molecule has 166 valence electrons. The molecule has 0 amide bonds. The predicted octanol–water partition coefficient (Wildman–Crippen LogP) is 9.44. The van der Waals surface area contributed by atoms with Gasteiger partial charge < -0.3 is 0 Å². The van der Waals surface area contributed by atoms with Crippen molar-refractivity contribution >= 4 is 74.5 Å². The quantitative estimate of drug-likeness (QED) is 0.249. The molecule has 0 spiro atoms. The second-order valence-electron chi connectivity index (χ2n) is 10.3. The lowest BCUT2D eigenvalue weighted by Crippen LogP contribution is -2.11. The summed E-state index contributed by atoms with van der Waals surface area (Å²) in [5.74, 6) is 0.675. The van der Waals surface area contributed by atoms with Gasteiger partial charge in [0.1, 0.15) is 6.33 Å². The highest BCUT2D eigenvalue weighted by Crippen LogP contribution is 2.43. The van der Waals surface area contributed by atoms with E-state index >= 15 is 0 Å². The molecule has 0 bridgehead atoms. The Kier molecular flexibility index (Phi) is 4.88. The molecule has 4 aromatic heterocycles. The number of hydrogen-bond acceptors (Lipinski definition) is 5. The van der Waals surface area contributed by atoms with E-state index in [0.29, 0.717) is 5.92 Å². The Hall–Kier alpha value is -2.34. The van der Waals surface area contributed by atoms with Crippen LogP contribution in [0.25, 0.3) is 51.7 Å². The first kappa shape index (κ1) is 21.2. The molecule has 0 radical (unpaired) electrons. The van der Waals surface area contributed by atoms with Crippen LogP contribution in [0.4, 0.5) is 0 Å². The van der Waals surface area contributed by atoms with E-state index in [2.05, 4.69) is 76.4 Å². The highest BCUT2D eigenvalue weighted by molar-refractivity contribution is 7.26. The van der Waals surface area contributed by atoms with Crippen molar-refractivity contribution in [1.29, 1.82) is 0 Å². The van der Waals surface area contributed by atoms with Crippen LogP contribution < -0.4 is 0 Å². The molecule has 6 rings (SSSR count). The maximum Gasteiger partial charge on any atom is 0.116 e. The monoisotopic (exact) mass is 486 g/mol. The largest absolute Gasteiger partial charge is 0.235 e. The van der Waals surface area contributed by atoms with Crippen LogP contribution >= 0.6 is 34.0 Å². The Labute approximate surface area is 205 Å². The molecular formula is C28H26N2S3. The molecule has 0 unspecified atom stereocenters. The first-order valence-electron chi connectivity index (χ1n) is 11.4. The zero-order valence-corrected chi connectivity index (χ0v) is 22.0. The van der Waals surface area contributed by atoms with Gasteiger partial charge in [-0.15, -0.1) is 34.0 Å². The first-order valence-corrected chi connectivity index (χ1v) is 13.9. The van der Waals surface area contributed by atoms with Gasteiger partial charge in [0.25, 0.3) is 0 Å². The third kappa shape index (κ3) is 3.58. The Morgan fingerprint density at radius 1 is 0.879 bits per heavy atom. The number of nitrogens with zero attached hydrogens (tertiary/aromatic N) is 2. The Bertz CT molecular complexity index is 1660. The normalized spacial score (nSPS) is 12.8. The highest BCUT2D eigenvalue weighted by atomic mass is 32.1. The van der Waals surface area contributed by atoms with E-state index in [4.69, 9.17) is 9.97 Å². The van der Waals surface area contributed by atoms with Gasteiger partial charge in [-0.3, -0.25) is 0 Å². The number of hydrogen-bond donors (Lipinski definition) is 0. The van der Waals surface area contributed by atoms with Gasteiger partial charge in [-0.05, 0) is 75.9 Å². The molecule has 0 aliphatic carbocycles. The molecular weight excluding hydrogens is 461 g/mol. The molecule has 0 aliphatic heterocycles. The van der Waals surface area contributed by atoms with Crippen molar-refractivity contribution < 1.29 is 0 Å². The zero-order chi connectivity index (χ0) is 22.9. The van der Waals surface area contributed by atoms with Gasteiger partial charge in [0.2, 0.25) is 0 Å². The van der Waals surface area contributed by atoms with Crippen LogP contribution in [0.2, 0.25) is 0 Å². The molecule has 0 N–H and O–H groups in total. The van der Waals surface area contributed by atoms with E-state index in [1.165, 1.54) is 51.0 Å². The van der Waals surface area contributed by atoms with Gasteiger partial charge in [-0.2, -0.15) is 0 Å². The molecule has 0 saturated carbocycles. The van der Waals surface area contributed by atoms with Crippen LogP contribution in [-0.4, -0.2) is 9.97 Å². The molecule has 33 heavy (non-hydrogen) atoms. The molecule has 6 aromatic rings. The summed E-state index contributed by atoms with van der Waals surface area (Å²) in [5.41, 5.74) is 4.76. The lowest BCUT2D eigenvalue weighted by molar-refractivity contribution is 0.597. The van der Waals surface area contributed by atoms with Crippen molar-refractivity contribution in [3.63, 3.8) is 0 Å². The number of aromatic nitrogens is 2. The van der Waals surface area contributed by atoms with Crippen LogP contribution in [0.3, 0.4) is 0 Å². The summed E-state index contributed by atoms with van der Waals surface area (Å²) in [6.45, 7) is 11.4. The maximum absolute atomic E-state index is 4.80. The van der Waals surface area contributed by atoms with Crippen molar-refractivity contribution in [1.82, 2.24) is 9.97 Å². The number of fused-ring (bicyclic) bond motifs is 5. The van der Waals surface area contributed by atoms with E-state index < -0.39 is 0 Å². The molecule has 0 atom stereocenters. The number of rotatable bonds is 3. The topological polar surface area (TPSA) is 25.8 Å².